The number of hydrogen-bond acceptors (Lipinski definition) is 2. The van der Waals surface area contributed by atoms with E-state index >= 15 is 0 Å². The average molecular weight is 403 g/mol. The summed E-state index contributed by atoms with van der Waals surface area (Å²) in [6, 6.07) is 11.1. The van der Waals surface area contributed by atoms with E-state index in [1.807, 2.05) is 12.1 Å². The van der Waals surface area contributed by atoms with Gasteiger partial charge in [0.1, 0.15) is 11.6 Å². The van der Waals surface area contributed by atoms with Crippen LogP contribution < -0.4 is 10.1 Å². The maximum absolute atomic E-state index is 13.0. The largest absolute Gasteiger partial charge is 0.483 e. The van der Waals surface area contributed by atoms with Crippen LogP contribution in [0.25, 0.3) is 0 Å². The van der Waals surface area contributed by atoms with Gasteiger partial charge < -0.3 is 10.1 Å². The van der Waals surface area contributed by atoms with Crippen LogP contribution in [0, 0.1) is 5.82 Å². The van der Waals surface area contributed by atoms with Crippen molar-refractivity contribution in [2.45, 2.75) is 0 Å². The number of rotatable bonds is 4. The lowest BCUT2D eigenvalue weighted by atomic mass is 10.3. The molecule has 1 N–H and O–H groups in total. The molecule has 0 aliphatic rings. The molecule has 0 bridgehead atoms. The van der Waals surface area contributed by atoms with Crippen LogP contribution in [0.15, 0.2) is 51.4 Å². The SMILES string of the molecule is O=C(COc1ccc(Br)cc1Br)Nc1cccc(F)c1. The number of halogens is 3. The molecule has 2 aromatic rings. The Kier molecular flexibility index (Phi) is 5.14. The first kappa shape index (κ1) is 15.0. The van der Waals surface area contributed by atoms with E-state index in [2.05, 4.69) is 37.2 Å². The number of benzene rings is 2. The Balaban J connectivity index is 1.92. The highest BCUT2D eigenvalue weighted by atomic mass is 79.9. The minimum absolute atomic E-state index is 0.156. The summed E-state index contributed by atoms with van der Waals surface area (Å²) in [6.07, 6.45) is 0. The number of carbonyl (C=O) groups excluding carboxylic acids is 1. The zero-order chi connectivity index (χ0) is 14.5. The Morgan fingerprint density at radius 3 is 2.70 bits per heavy atom. The molecule has 0 saturated heterocycles. The quantitative estimate of drug-likeness (QED) is 0.824. The molecule has 0 aromatic heterocycles. The van der Waals surface area contributed by atoms with E-state index in [-0.39, 0.29) is 12.5 Å². The Morgan fingerprint density at radius 2 is 2.00 bits per heavy atom. The van der Waals surface area contributed by atoms with Crippen LogP contribution in [-0.4, -0.2) is 12.5 Å². The highest BCUT2D eigenvalue weighted by Crippen LogP contribution is 2.28. The molecule has 0 heterocycles. The van der Waals surface area contributed by atoms with E-state index in [0.717, 1.165) is 8.95 Å². The van der Waals surface area contributed by atoms with E-state index in [9.17, 15) is 9.18 Å². The molecule has 2 rings (SSSR count). The van der Waals surface area contributed by atoms with E-state index in [1.165, 1.54) is 18.2 Å². The molecule has 0 aliphatic carbocycles. The highest BCUT2D eigenvalue weighted by Gasteiger charge is 2.07. The Labute approximate surface area is 132 Å². The second-order valence-electron chi connectivity index (χ2n) is 3.92. The second-order valence-corrected chi connectivity index (χ2v) is 5.69. The van der Waals surface area contributed by atoms with Crippen molar-refractivity contribution < 1.29 is 13.9 Å². The molecule has 0 atom stereocenters. The average Bonchev–Trinajstić information content (AvgIpc) is 2.37. The van der Waals surface area contributed by atoms with E-state index in [1.54, 1.807) is 12.1 Å². The summed E-state index contributed by atoms with van der Waals surface area (Å²) in [5, 5.41) is 2.56. The fourth-order valence-electron chi connectivity index (χ4n) is 1.50. The van der Waals surface area contributed by atoms with Crippen LogP contribution in [-0.2, 0) is 4.79 Å². The predicted octanol–water partition coefficient (Wildman–Crippen LogP) is 4.37. The zero-order valence-corrected chi connectivity index (χ0v) is 13.4. The van der Waals surface area contributed by atoms with Gasteiger partial charge in [0.15, 0.2) is 6.61 Å². The molecular weight excluding hydrogens is 393 g/mol. The van der Waals surface area contributed by atoms with Crippen LogP contribution in [0.4, 0.5) is 10.1 Å². The lowest BCUT2D eigenvalue weighted by Gasteiger charge is -2.09. The summed E-state index contributed by atoms with van der Waals surface area (Å²) in [5.41, 5.74) is 0.397. The third-order valence-electron chi connectivity index (χ3n) is 2.36. The number of carbonyl (C=O) groups is 1. The fraction of sp³-hybridized carbons (Fsp3) is 0.0714. The Bertz CT molecular complexity index is 634. The van der Waals surface area contributed by atoms with Gasteiger partial charge in [0.05, 0.1) is 4.47 Å². The first-order chi connectivity index (χ1) is 9.54. The summed E-state index contributed by atoms with van der Waals surface area (Å²) in [5.74, 6) is -0.201. The van der Waals surface area contributed by atoms with Crippen molar-refractivity contribution in [3.63, 3.8) is 0 Å². The molecule has 3 nitrogen and oxygen atoms in total. The first-order valence-electron chi connectivity index (χ1n) is 5.68. The normalized spacial score (nSPS) is 10.2. The van der Waals surface area contributed by atoms with Gasteiger partial charge in [-0.3, -0.25) is 4.79 Å². The van der Waals surface area contributed by atoms with Gasteiger partial charge in [0.25, 0.3) is 5.91 Å². The van der Waals surface area contributed by atoms with Gasteiger partial charge in [0, 0.05) is 10.2 Å². The number of ether oxygens (including phenoxy) is 1. The minimum Gasteiger partial charge on any atom is -0.483 e. The number of nitrogens with one attached hydrogen (secondary N) is 1. The van der Waals surface area contributed by atoms with Crippen molar-refractivity contribution in [3.05, 3.63) is 57.2 Å². The van der Waals surface area contributed by atoms with Gasteiger partial charge in [-0.2, -0.15) is 0 Å². The second kappa shape index (κ2) is 6.85. The fourth-order valence-corrected chi connectivity index (χ4v) is 2.66. The monoisotopic (exact) mass is 401 g/mol. The van der Waals surface area contributed by atoms with Crippen molar-refractivity contribution >= 4 is 43.5 Å². The van der Waals surface area contributed by atoms with Crippen molar-refractivity contribution in [1.29, 1.82) is 0 Å². The Morgan fingerprint density at radius 1 is 1.20 bits per heavy atom. The van der Waals surface area contributed by atoms with Gasteiger partial charge in [-0.25, -0.2) is 4.39 Å². The van der Waals surface area contributed by atoms with E-state index < -0.39 is 5.82 Å². The highest BCUT2D eigenvalue weighted by molar-refractivity contribution is 9.11. The summed E-state index contributed by atoms with van der Waals surface area (Å²) in [4.78, 5) is 11.7. The van der Waals surface area contributed by atoms with Crippen LogP contribution in [0.2, 0.25) is 0 Å². The number of amides is 1. The summed E-state index contributed by atoms with van der Waals surface area (Å²) < 4.78 is 20.0. The summed E-state index contributed by atoms with van der Waals surface area (Å²) >= 11 is 6.66. The van der Waals surface area contributed by atoms with Crippen molar-refractivity contribution in [3.8, 4) is 5.75 Å². The van der Waals surface area contributed by atoms with Crippen LogP contribution in [0.3, 0.4) is 0 Å². The van der Waals surface area contributed by atoms with Crippen LogP contribution in [0.5, 0.6) is 5.75 Å². The molecule has 1 amide bonds. The smallest absolute Gasteiger partial charge is 0.262 e. The van der Waals surface area contributed by atoms with Crippen molar-refractivity contribution in [1.82, 2.24) is 0 Å². The topological polar surface area (TPSA) is 38.3 Å². The number of hydrogen-bond donors (Lipinski definition) is 1. The number of anilines is 1. The molecule has 0 unspecified atom stereocenters. The molecule has 20 heavy (non-hydrogen) atoms. The molecule has 2 aromatic carbocycles. The molecule has 0 aliphatic heterocycles. The van der Waals surface area contributed by atoms with Crippen molar-refractivity contribution in [2.75, 3.05) is 11.9 Å². The lowest BCUT2D eigenvalue weighted by Crippen LogP contribution is -2.20. The van der Waals surface area contributed by atoms with E-state index in [4.69, 9.17) is 4.74 Å². The van der Waals surface area contributed by atoms with Gasteiger partial charge in [-0.1, -0.05) is 22.0 Å². The summed E-state index contributed by atoms with van der Waals surface area (Å²) in [6.45, 7) is -0.156. The molecule has 0 spiro atoms. The van der Waals surface area contributed by atoms with Crippen LogP contribution in [0.1, 0.15) is 0 Å². The Hall–Kier alpha value is -1.40. The maximum Gasteiger partial charge on any atom is 0.262 e. The van der Waals surface area contributed by atoms with Crippen molar-refractivity contribution in [2.24, 2.45) is 0 Å². The molecule has 104 valence electrons. The molecule has 0 radical (unpaired) electrons. The van der Waals surface area contributed by atoms with E-state index in [0.29, 0.717) is 11.4 Å². The molecule has 0 saturated carbocycles. The summed E-state index contributed by atoms with van der Waals surface area (Å²) in [7, 11) is 0. The van der Waals surface area contributed by atoms with Crippen LogP contribution >= 0.6 is 31.9 Å². The van der Waals surface area contributed by atoms with Gasteiger partial charge in [-0.05, 0) is 52.3 Å². The minimum atomic E-state index is -0.403. The van der Waals surface area contributed by atoms with Gasteiger partial charge in [-0.15, -0.1) is 0 Å². The first-order valence-corrected chi connectivity index (χ1v) is 7.26. The lowest BCUT2D eigenvalue weighted by molar-refractivity contribution is -0.118. The third kappa shape index (κ3) is 4.31. The third-order valence-corrected chi connectivity index (χ3v) is 3.47. The maximum atomic E-state index is 13.0. The van der Waals surface area contributed by atoms with Gasteiger partial charge in [0.2, 0.25) is 0 Å². The van der Waals surface area contributed by atoms with Gasteiger partial charge >= 0.3 is 0 Å². The molecule has 0 fully saturated rings. The zero-order valence-electron chi connectivity index (χ0n) is 10.2. The molecular formula is C14H10Br2FNO2. The standard InChI is InChI=1S/C14H10Br2FNO2/c15-9-4-5-13(12(16)6-9)20-8-14(19)18-11-3-1-2-10(17)7-11/h1-7H,8H2,(H,18,19). The predicted molar refractivity (Wildman–Crippen MR) is 82.4 cm³/mol. The molecule has 6 heteroatoms.